The van der Waals surface area contributed by atoms with Crippen molar-refractivity contribution in [2.75, 3.05) is 14.2 Å². The number of ether oxygens (including phenoxy) is 3. The van der Waals surface area contributed by atoms with Gasteiger partial charge in [-0.2, -0.15) is 0 Å². The summed E-state index contributed by atoms with van der Waals surface area (Å²) < 4.78 is 15.7. The van der Waals surface area contributed by atoms with Gasteiger partial charge in [-0.15, -0.1) is 0 Å². The lowest BCUT2D eigenvalue weighted by atomic mass is 9.79. The number of methoxy groups -OCH3 is 2. The van der Waals surface area contributed by atoms with Gasteiger partial charge in [0.25, 0.3) is 0 Å². The first-order chi connectivity index (χ1) is 9.93. The summed E-state index contributed by atoms with van der Waals surface area (Å²) in [6.07, 6.45) is 0.714. The number of carbonyl (C=O) groups excluding carboxylic acids is 1. The summed E-state index contributed by atoms with van der Waals surface area (Å²) in [4.78, 5) is 22.9. The van der Waals surface area contributed by atoms with Crippen molar-refractivity contribution in [3.8, 4) is 11.5 Å². The van der Waals surface area contributed by atoms with Crippen LogP contribution in [0.5, 0.6) is 11.5 Å². The van der Waals surface area contributed by atoms with Crippen molar-refractivity contribution in [3.63, 3.8) is 0 Å². The molecule has 1 aromatic carbocycles. The average Bonchev–Trinajstić information content (AvgIpc) is 2.45. The normalized spacial score (nSPS) is 20.3. The SMILES string of the molecule is COc1ccc(OC)c2c1CCC(OC(C)=O)(C(=O)O)C2. The molecule has 0 radical (unpaired) electrons. The van der Waals surface area contributed by atoms with Crippen molar-refractivity contribution in [1.29, 1.82) is 0 Å². The number of carboxylic acids is 1. The molecule has 0 saturated heterocycles. The summed E-state index contributed by atoms with van der Waals surface area (Å²) in [7, 11) is 3.08. The predicted molar refractivity (Wildman–Crippen MR) is 73.7 cm³/mol. The number of hydrogen-bond donors (Lipinski definition) is 1. The van der Waals surface area contributed by atoms with Crippen LogP contribution in [0.3, 0.4) is 0 Å². The molecule has 0 bridgehead atoms. The highest BCUT2D eigenvalue weighted by Gasteiger charge is 2.46. The van der Waals surface area contributed by atoms with Crippen LogP contribution in [-0.4, -0.2) is 36.9 Å². The minimum atomic E-state index is -1.54. The Kier molecular flexibility index (Phi) is 4.06. The molecule has 21 heavy (non-hydrogen) atoms. The van der Waals surface area contributed by atoms with E-state index in [1.807, 2.05) is 0 Å². The van der Waals surface area contributed by atoms with Crippen LogP contribution in [0.2, 0.25) is 0 Å². The van der Waals surface area contributed by atoms with Crippen molar-refractivity contribution < 1.29 is 28.9 Å². The Hall–Kier alpha value is -2.24. The third kappa shape index (κ3) is 2.66. The number of benzene rings is 1. The van der Waals surface area contributed by atoms with Crippen LogP contribution in [0, 0.1) is 0 Å². The number of hydrogen-bond acceptors (Lipinski definition) is 5. The molecule has 0 saturated carbocycles. The van der Waals surface area contributed by atoms with Gasteiger partial charge in [0.05, 0.1) is 14.2 Å². The van der Waals surface area contributed by atoms with E-state index in [-0.39, 0.29) is 12.8 Å². The first-order valence-electron chi connectivity index (χ1n) is 6.59. The number of aliphatic carboxylic acids is 1. The Morgan fingerprint density at radius 3 is 2.19 bits per heavy atom. The molecule has 0 heterocycles. The Labute approximate surface area is 122 Å². The fraction of sp³-hybridized carbons (Fsp3) is 0.467. The lowest BCUT2D eigenvalue weighted by Crippen LogP contribution is -2.47. The van der Waals surface area contributed by atoms with Gasteiger partial charge < -0.3 is 19.3 Å². The Balaban J connectivity index is 2.50. The van der Waals surface area contributed by atoms with Crippen LogP contribution >= 0.6 is 0 Å². The highest BCUT2D eigenvalue weighted by molar-refractivity contribution is 5.82. The van der Waals surface area contributed by atoms with Crippen LogP contribution in [-0.2, 0) is 27.2 Å². The molecular formula is C15H18O6. The van der Waals surface area contributed by atoms with Crippen LogP contribution in [0.15, 0.2) is 12.1 Å². The van der Waals surface area contributed by atoms with Gasteiger partial charge in [0, 0.05) is 30.9 Å². The standard InChI is InChI=1S/C15H18O6/c1-9(16)21-15(14(17)18)7-6-10-11(8-15)13(20-3)5-4-12(10)19-2/h4-5H,6-8H2,1-3H3,(H,17,18). The van der Waals surface area contributed by atoms with E-state index in [4.69, 9.17) is 14.2 Å². The van der Waals surface area contributed by atoms with Crippen molar-refractivity contribution >= 4 is 11.9 Å². The zero-order valence-electron chi connectivity index (χ0n) is 12.3. The van der Waals surface area contributed by atoms with E-state index < -0.39 is 17.5 Å². The van der Waals surface area contributed by atoms with Gasteiger partial charge in [-0.25, -0.2) is 4.79 Å². The highest BCUT2D eigenvalue weighted by Crippen LogP contribution is 2.41. The quantitative estimate of drug-likeness (QED) is 0.849. The number of carbonyl (C=O) groups is 2. The summed E-state index contributed by atoms with van der Waals surface area (Å²) in [6.45, 7) is 1.21. The van der Waals surface area contributed by atoms with Crippen molar-refractivity contribution in [1.82, 2.24) is 0 Å². The van der Waals surface area contributed by atoms with E-state index in [1.54, 1.807) is 19.2 Å². The maximum absolute atomic E-state index is 11.6. The summed E-state index contributed by atoms with van der Waals surface area (Å²) in [5.74, 6) is -0.494. The first-order valence-corrected chi connectivity index (χ1v) is 6.59. The summed E-state index contributed by atoms with van der Waals surface area (Å²) in [5.41, 5.74) is 0.0750. The third-order valence-electron chi connectivity index (χ3n) is 3.76. The minimum absolute atomic E-state index is 0.0671. The lowest BCUT2D eigenvalue weighted by Gasteiger charge is -2.34. The molecule has 0 spiro atoms. The topological polar surface area (TPSA) is 82.1 Å². The van der Waals surface area contributed by atoms with E-state index in [0.29, 0.717) is 23.5 Å². The van der Waals surface area contributed by atoms with Crippen LogP contribution in [0.25, 0.3) is 0 Å². The van der Waals surface area contributed by atoms with Crippen molar-refractivity contribution in [2.45, 2.75) is 31.8 Å². The van der Waals surface area contributed by atoms with Crippen LogP contribution < -0.4 is 9.47 Å². The maximum Gasteiger partial charge on any atom is 0.348 e. The van der Waals surface area contributed by atoms with Crippen LogP contribution in [0.4, 0.5) is 0 Å². The predicted octanol–water partition coefficient (Wildman–Crippen LogP) is 1.58. The molecule has 1 aliphatic rings. The number of carboxylic acid groups (broad SMARTS) is 1. The molecule has 114 valence electrons. The lowest BCUT2D eigenvalue weighted by molar-refractivity contribution is -0.178. The van der Waals surface area contributed by atoms with Crippen LogP contribution in [0.1, 0.15) is 24.5 Å². The smallest absolute Gasteiger partial charge is 0.348 e. The van der Waals surface area contributed by atoms with E-state index >= 15 is 0 Å². The molecule has 1 unspecified atom stereocenters. The molecule has 6 nitrogen and oxygen atoms in total. The van der Waals surface area contributed by atoms with Gasteiger partial charge >= 0.3 is 11.9 Å². The number of fused-ring (bicyclic) bond motifs is 1. The second-order valence-electron chi connectivity index (χ2n) is 5.00. The Bertz CT molecular complexity index is 580. The van der Waals surface area contributed by atoms with E-state index in [9.17, 15) is 14.7 Å². The maximum atomic E-state index is 11.6. The molecule has 1 atom stereocenters. The molecule has 1 aromatic rings. The monoisotopic (exact) mass is 294 g/mol. The molecule has 0 fully saturated rings. The summed E-state index contributed by atoms with van der Waals surface area (Å²) >= 11 is 0. The summed E-state index contributed by atoms with van der Waals surface area (Å²) in [6, 6.07) is 3.51. The second kappa shape index (κ2) is 5.63. The van der Waals surface area contributed by atoms with E-state index in [1.165, 1.54) is 14.0 Å². The molecule has 0 aromatic heterocycles. The minimum Gasteiger partial charge on any atom is -0.496 e. The van der Waals surface area contributed by atoms with Gasteiger partial charge in [-0.3, -0.25) is 4.79 Å². The van der Waals surface area contributed by atoms with Gasteiger partial charge in [0.15, 0.2) is 0 Å². The Morgan fingerprint density at radius 2 is 1.71 bits per heavy atom. The molecule has 2 rings (SSSR count). The first kappa shape index (κ1) is 15.2. The van der Waals surface area contributed by atoms with Crippen molar-refractivity contribution in [3.05, 3.63) is 23.3 Å². The largest absolute Gasteiger partial charge is 0.496 e. The average molecular weight is 294 g/mol. The third-order valence-corrected chi connectivity index (χ3v) is 3.76. The van der Waals surface area contributed by atoms with Gasteiger partial charge in [0.1, 0.15) is 11.5 Å². The fourth-order valence-corrected chi connectivity index (χ4v) is 2.79. The van der Waals surface area contributed by atoms with Gasteiger partial charge in [-0.1, -0.05) is 0 Å². The molecule has 1 N–H and O–H groups in total. The van der Waals surface area contributed by atoms with Gasteiger partial charge in [0.2, 0.25) is 5.60 Å². The fourth-order valence-electron chi connectivity index (χ4n) is 2.79. The zero-order valence-corrected chi connectivity index (χ0v) is 12.3. The number of rotatable bonds is 4. The summed E-state index contributed by atoms with van der Waals surface area (Å²) in [5, 5.41) is 9.50. The van der Waals surface area contributed by atoms with E-state index in [0.717, 1.165) is 5.56 Å². The zero-order chi connectivity index (χ0) is 15.6. The van der Waals surface area contributed by atoms with Crippen molar-refractivity contribution in [2.24, 2.45) is 0 Å². The molecule has 1 aliphatic carbocycles. The molecular weight excluding hydrogens is 276 g/mol. The molecule has 6 heteroatoms. The highest BCUT2D eigenvalue weighted by atomic mass is 16.6. The number of esters is 1. The molecule has 0 amide bonds. The van der Waals surface area contributed by atoms with E-state index in [2.05, 4.69) is 0 Å². The Morgan fingerprint density at radius 1 is 1.14 bits per heavy atom. The molecule has 0 aliphatic heterocycles. The van der Waals surface area contributed by atoms with Gasteiger partial charge in [-0.05, 0) is 18.6 Å². The second-order valence-corrected chi connectivity index (χ2v) is 5.00.